The second-order valence-electron chi connectivity index (χ2n) is 8.25. The van der Waals surface area contributed by atoms with Crippen molar-refractivity contribution in [2.24, 2.45) is 5.92 Å². The third-order valence-electron chi connectivity index (χ3n) is 6.13. The van der Waals surface area contributed by atoms with Crippen LogP contribution < -0.4 is 5.32 Å². The van der Waals surface area contributed by atoms with Crippen LogP contribution in [-0.2, 0) is 9.59 Å². The van der Waals surface area contributed by atoms with E-state index in [2.05, 4.69) is 5.32 Å². The fraction of sp³-hybridized carbons (Fsp3) is 0.591. The molecule has 0 unspecified atom stereocenters. The molecule has 8 nitrogen and oxygen atoms in total. The van der Waals surface area contributed by atoms with Gasteiger partial charge in [0.1, 0.15) is 6.04 Å². The maximum Gasteiger partial charge on any atom is 0.322 e. The molecular weight excluding hydrogens is 420 g/mol. The van der Waals surface area contributed by atoms with Crippen molar-refractivity contribution in [1.82, 2.24) is 14.7 Å². The van der Waals surface area contributed by atoms with Gasteiger partial charge in [0.25, 0.3) is 0 Å². The maximum absolute atomic E-state index is 12.8. The Morgan fingerprint density at radius 2 is 1.94 bits per heavy atom. The summed E-state index contributed by atoms with van der Waals surface area (Å²) in [6.07, 6.45) is 2.70. The van der Waals surface area contributed by atoms with Crippen LogP contribution in [0.2, 0.25) is 5.02 Å². The summed E-state index contributed by atoms with van der Waals surface area (Å²) in [5.41, 5.74) is 0.584. The lowest BCUT2D eigenvalue weighted by Gasteiger charge is -2.39. The van der Waals surface area contributed by atoms with E-state index >= 15 is 0 Å². The van der Waals surface area contributed by atoms with Crippen molar-refractivity contribution in [3.8, 4) is 0 Å². The van der Waals surface area contributed by atoms with E-state index in [4.69, 9.17) is 11.6 Å². The van der Waals surface area contributed by atoms with Crippen molar-refractivity contribution in [2.45, 2.75) is 38.6 Å². The Morgan fingerprint density at radius 3 is 2.61 bits per heavy atom. The first-order chi connectivity index (χ1) is 14.9. The molecule has 2 fully saturated rings. The van der Waals surface area contributed by atoms with E-state index in [0.29, 0.717) is 62.2 Å². The monoisotopic (exact) mass is 450 g/mol. The zero-order valence-electron chi connectivity index (χ0n) is 17.9. The summed E-state index contributed by atoms with van der Waals surface area (Å²) >= 11 is 5.96. The SMILES string of the molecule is C[C@H]1C(=O)N(CCCC(=O)N2CCC(CO)CC2)CCN1C(=O)Nc1cccc(Cl)c1. The lowest BCUT2D eigenvalue weighted by molar-refractivity contribution is -0.140. The summed E-state index contributed by atoms with van der Waals surface area (Å²) in [5.74, 6) is 0.302. The molecule has 170 valence electrons. The number of aliphatic hydroxyl groups excluding tert-OH is 1. The van der Waals surface area contributed by atoms with Gasteiger partial charge in [-0.15, -0.1) is 0 Å². The lowest BCUT2D eigenvalue weighted by atomic mass is 9.97. The number of nitrogens with one attached hydrogen (secondary N) is 1. The molecule has 2 aliphatic rings. The van der Waals surface area contributed by atoms with Crippen LogP contribution in [0.15, 0.2) is 24.3 Å². The number of halogens is 1. The van der Waals surface area contributed by atoms with Crippen LogP contribution in [0, 0.1) is 5.92 Å². The molecular formula is C22H31ClN4O4. The molecule has 0 aromatic heterocycles. The highest BCUT2D eigenvalue weighted by atomic mass is 35.5. The first-order valence-corrected chi connectivity index (χ1v) is 11.3. The standard InChI is InChI=1S/C22H31ClN4O4/c1-16-21(30)26(9-3-6-20(29)25-10-7-17(15-28)8-11-25)12-13-27(16)22(31)24-19-5-2-4-18(23)14-19/h2,4-5,14,16-17,28H,3,6-13,15H2,1H3,(H,24,31)/t16-/m0/s1. The molecule has 2 heterocycles. The molecule has 0 saturated carbocycles. The molecule has 2 saturated heterocycles. The van der Waals surface area contributed by atoms with Gasteiger partial charge in [0.2, 0.25) is 11.8 Å². The second-order valence-corrected chi connectivity index (χ2v) is 8.68. The number of rotatable bonds is 6. The maximum atomic E-state index is 12.8. The highest BCUT2D eigenvalue weighted by molar-refractivity contribution is 6.30. The fourth-order valence-electron chi connectivity index (χ4n) is 4.13. The van der Waals surface area contributed by atoms with Crippen molar-refractivity contribution >= 4 is 35.1 Å². The number of benzene rings is 1. The van der Waals surface area contributed by atoms with Crippen molar-refractivity contribution < 1.29 is 19.5 Å². The van der Waals surface area contributed by atoms with Crippen LogP contribution >= 0.6 is 11.6 Å². The van der Waals surface area contributed by atoms with Crippen molar-refractivity contribution in [2.75, 3.05) is 44.6 Å². The quantitative estimate of drug-likeness (QED) is 0.696. The van der Waals surface area contributed by atoms with Crippen LogP contribution in [0.3, 0.4) is 0 Å². The van der Waals surface area contributed by atoms with Crippen molar-refractivity contribution in [1.29, 1.82) is 0 Å². The first kappa shape index (κ1) is 23.3. The number of urea groups is 1. The molecule has 2 N–H and O–H groups in total. The van der Waals surface area contributed by atoms with Crippen molar-refractivity contribution in [3.05, 3.63) is 29.3 Å². The minimum Gasteiger partial charge on any atom is -0.396 e. The molecule has 0 spiro atoms. The van der Waals surface area contributed by atoms with Gasteiger partial charge in [-0.2, -0.15) is 0 Å². The summed E-state index contributed by atoms with van der Waals surface area (Å²) in [7, 11) is 0. The Kier molecular flexibility index (Phi) is 8.15. The van der Waals surface area contributed by atoms with Gasteiger partial charge >= 0.3 is 6.03 Å². The number of amides is 4. The van der Waals surface area contributed by atoms with Gasteiger partial charge in [-0.3, -0.25) is 9.59 Å². The number of hydrogen-bond acceptors (Lipinski definition) is 4. The van der Waals surface area contributed by atoms with Crippen LogP contribution in [0.4, 0.5) is 10.5 Å². The van der Waals surface area contributed by atoms with Crippen LogP contribution in [0.25, 0.3) is 0 Å². The molecule has 0 bridgehead atoms. The molecule has 9 heteroatoms. The third kappa shape index (κ3) is 6.11. The summed E-state index contributed by atoms with van der Waals surface area (Å²) in [6.45, 7) is 4.69. The minimum atomic E-state index is -0.568. The normalized spacial score (nSPS) is 20.2. The molecule has 2 aliphatic heterocycles. The average Bonchev–Trinajstić information content (AvgIpc) is 2.76. The molecule has 31 heavy (non-hydrogen) atoms. The minimum absolute atomic E-state index is 0.108. The predicted octanol–water partition coefficient (Wildman–Crippen LogP) is 2.42. The number of carbonyl (C=O) groups is 3. The third-order valence-corrected chi connectivity index (χ3v) is 6.36. The highest BCUT2D eigenvalue weighted by Gasteiger charge is 2.34. The summed E-state index contributed by atoms with van der Waals surface area (Å²) in [4.78, 5) is 42.9. The van der Waals surface area contributed by atoms with E-state index in [1.807, 2.05) is 4.90 Å². The van der Waals surface area contributed by atoms with E-state index in [1.165, 1.54) is 4.90 Å². The van der Waals surface area contributed by atoms with Gasteiger partial charge in [-0.1, -0.05) is 17.7 Å². The number of carbonyl (C=O) groups excluding carboxylic acids is 3. The number of nitrogens with zero attached hydrogens (tertiary/aromatic N) is 3. The summed E-state index contributed by atoms with van der Waals surface area (Å²) in [5, 5.41) is 12.5. The van der Waals surface area contributed by atoms with Crippen LogP contribution in [-0.4, -0.2) is 83.0 Å². The van der Waals surface area contributed by atoms with E-state index in [9.17, 15) is 19.5 Å². The largest absolute Gasteiger partial charge is 0.396 e. The van der Waals surface area contributed by atoms with Crippen LogP contribution in [0.5, 0.6) is 0 Å². The molecule has 4 amide bonds. The Bertz CT molecular complexity index is 797. The van der Waals surface area contributed by atoms with Gasteiger partial charge in [0.05, 0.1) is 0 Å². The van der Waals surface area contributed by atoms with Gasteiger partial charge in [-0.05, 0) is 50.3 Å². The Labute approximate surface area is 188 Å². The van der Waals surface area contributed by atoms with Crippen LogP contribution in [0.1, 0.15) is 32.6 Å². The van der Waals surface area contributed by atoms with Gasteiger partial charge in [0.15, 0.2) is 0 Å². The number of piperazine rings is 1. The summed E-state index contributed by atoms with van der Waals surface area (Å²) < 4.78 is 0. The number of hydrogen-bond donors (Lipinski definition) is 2. The van der Waals surface area contributed by atoms with E-state index in [0.717, 1.165) is 12.8 Å². The smallest absolute Gasteiger partial charge is 0.322 e. The zero-order valence-corrected chi connectivity index (χ0v) is 18.7. The average molecular weight is 451 g/mol. The molecule has 1 atom stereocenters. The van der Waals surface area contributed by atoms with E-state index < -0.39 is 6.04 Å². The van der Waals surface area contributed by atoms with Gasteiger partial charge < -0.3 is 25.1 Å². The van der Waals surface area contributed by atoms with Gasteiger partial charge in [-0.25, -0.2) is 4.79 Å². The number of likely N-dealkylation sites (tertiary alicyclic amines) is 1. The Balaban J connectivity index is 1.43. The first-order valence-electron chi connectivity index (χ1n) is 10.9. The predicted molar refractivity (Wildman–Crippen MR) is 119 cm³/mol. The summed E-state index contributed by atoms with van der Waals surface area (Å²) in [6, 6.07) is 5.98. The van der Waals surface area contributed by atoms with Crippen molar-refractivity contribution in [3.63, 3.8) is 0 Å². The Hall–Kier alpha value is -2.32. The lowest BCUT2D eigenvalue weighted by Crippen LogP contribution is -2.58. The molecule has 1 aromatic rings. The molecule has 0 aliphatic carbocycles. The molecule has 3 rings (SSSR count). The molecule has 0 radical (unpaired) electrons. The number of piperidine rings is 1. The van der Waals surface area contributed by atoms with E-state index in [-0.39, 0.29) is 24.5 Å². The van der Waals surface area contributed by atoms with E-state index in [1.54, 1.807) is 36.1 Å². The highest BCUT2D eigenvalue weighted by Crippen LogP contribution is 2.19. The second kappa shape index (κ2) is 10.8. The topological polar surface area (TPSA) is 93.2 Å². The fourth-order valence-corrected chi connectivity index (χ4v) is 4.33. The molecule has 1 aromatic carbocycles. The Morgan fingerprint density at radius 1 is 1.19 bits per heavy atom. The van der Waals surface area contributed by atoms with Gasteiger partial charge in [0, 0.05) is 56.5 Å². The zero-order chi connectivity index (χ0) is 22.4. The number of aliphatic hydroxyl groups is 1. The number of anilines is 1.